The molecule has 0 aliphatic heterocycles. The Labute approximate surface area is 98.6 Å². The van der Waals surface area contributed by atoms with Crippen molar-refractivity contribution in [2.75, 3.05) is 6.61 Å². The van der Waals surface area contributed by atoms with Gasteiger partial charge in [0.1, 0.15) is 0 Å². The molecule has 1 aliphatic rings. The van der Waals surface area contributed by atoms with Gasteiger partial charge >= 0.3 is 0 Å². The minimum atomic E-state index is -0.132. The zero-order valence-electron chi connectivity index (χ0n) is 10.9. The highest BCUT2D eigenvalue weighted by Gasteiger charge is 2.35. The first-order chi connectivity index (χ1) is 7.34. The van der Waals surface area contributed by atoms with Crippen LogP contribution in [0.2, 0.25) is 0 Å². The summed E-state index contributed by atoms with van der Waals surface area (Å²) in [6.45, 7) is 8.53. The van der Waals surface area contributed by atoms with Crippen molar-refractivity contribution in [3.63, 3.8) is 0 Å². The molecule has 0 aromatic rings. The van der Waals surface area contributed by atoms with E-state index < -0.39 is 0 Å². The Hall–Kier alpha value is -0.570. The van der Waals surface area contributed by atoms with Gasteiger partial charge in [0, 0.05) is 12.0 Å². The van der Waals surface area contributed by atoms with Gasteiger partial charge in [-0.1, -0.05) is 20.8 Å². The summed E-state index contributed by atoms with van der Waals surface area (Å²) < 4.78 is 0. The van der Waals surface area contributed by atoms with Gasteiger partial charge in [0.25, 0.3) is 0 Å². The third-order valence-electron chi connectivity index (χ3n) is 3.42. The predicted octanol–water partition coefficient (Wildman–Crippen LogP) is 1.95. The standard InChI is InChI=1S/C13H25NO2/c1-9-5-11(7-13(3,4)6-9)12(16)14-10(2)8-15/h9-11,15H,5-8H2,1-4H3,(H,14,16). The number of hydrogen-bond acceptors (Lipinski definition) is 2. The highest BCUT2D eigenvalue weighted by atomic mass is 16.3. The third-order valence-corrected chi connectivity index (χ3v) is 3.42. The summed E-state index contributed by atoms with van der Waals surface area (Å²) >= 11 is 0. The molecule has 94 valence electrons. The molecule has 16 heavy (non-hydrogen) atoms. The number of nitrogens with one attached hydrogen (secondary N) is 1. The Morgan fingerprint density at radius 2 is 2.12 bits per heavy atom. The molecular weight excluding hydrogens is 202 g/mol. The Morgan fingerprint density at radius 3 is 2.62 bits per heavy atom. The Kier molecular flexibility index (Phi) is 4.36. The second-order valence-electron chi connectivity index (χ2n) is 6.20. The van der Waals surface area contributed by atoms with E-state index >= 15 is 0 Å². The molecule has 1 aliphatic carbocycles. The monoisotopic (exact) mass is 227 g/mol. The van der Waals surface area contributed by atoms with Crippen LogP contribution in [0.1, 0.15) is 47.0 Å². The zero-order valence-corrected chi connectivity index (χ0v) is 10.9. The van der Waals surface area contributed by atoms with Crippen LogP contribution in [0.25, 0.3) is 0 Å². The normalized spacial score (nSPS) is 30.8. The first-order valence-electron chi connectivity index (χ1n) is 6.25. The molecular formula is C13H25NO2. The second-order valence-corrected chi connectivity index (χ2v) is 6.20. The van der Waals surface area contributed by atoms with Gasteiger partial charge < -0.3 is 10.4 Å². The average Bonchev–Trinajstić information content (AvgIpc) is 2.14. The molecule has 3 heteroatoms. The number of aliphatic hydroxyl groups excluding tert-OH is 1. The van der Waals surface area contributed by atoms with Crippen LogP contribution in [0, 0.1) is 17.3 Å². The van der Waals surface area contributed by atoms with Crippen molar-refractivity contribution < 1.29 is 9.90 Å². The van der Waals surface area contributed by atoms with E-state index in [1.54, 1.807) is 0 Å². The maximum Gasteiger partial charge on any atom is 0.223 e. The molecule has 0 spiro atoms. The van der Waals surface area contributed by atoms with Gasteiger partial charge in [0.2, 0.25) is 5.91 Å². The summed E-state index contributed by atoms with van der Waals surface area (Å²) in [7, 11) is 0. The number of carbonyl (C=O) groups excluding carboxylic acids is 1. The van der Waals surface area contributed by atoms with E-state index in [9.17, 15) is 4.79 Å². The van der Waals surface area contributed by atoms with Crippen molar-refractivity contribution in [2.24, 2.45) is 17.3 Å². The number of rotatable bonds is 3. The predicted molar refractivity (Wildman–Crippen MR) is 65.0 cm³/mol. The molecule has 3 nitrogen and oxygen atoms in total. The van der Waals surface area contributed by atoms with Crippen molar-refractivity contribution in [3.05, 3.63) is 0 Å². The number of hydrogen-bond donors (Lipinski definition) is 2. The molecule has 2 N–H and O–H groups in total. The van der Waals surface area contributed by atoms with Crippen LogP contribution >= 0.6 is 0 Å². The largest absolute Gasteiger partial charge is 0.394 e. The molecule has 1 saturated carbocycles. The van der Waals surface area contributed by atoms with E-state index in [0.29, 0.717) is 5.92 Å². The molecule has 1 amide bonds. The van der Waals surface area contributed by atoms with Gasteiger partial charge in [-0.3, -0.25) is 4.79 Å². The number of aliphatic hydroxyl groups is 1. The highest BCUT2D eigenvalue weighted by Crippen LogP contribution is 2.41. The van der Waals surface area contributed by atoms with Gasteiger partial charge in [-0.05, 0) is 37.5 Å². The van der Waals surface area contributed by atoms with Gasteiger partial charge in [-0.25, -0.2) is 0 Å². The molecule has 0 bridgehead atoms. The van der Waals surface area contributed by atoms with Gasteiger partial charge in [-0.2, -0.15) is 0 Å². The summed E-state index contributed by atoms with van der Waals surface area (Å²) in [4.78, 5) is 12.0. The molecule has 0 aromatic heterocycles. The van der Waals surface area contributed by atoms with Crippen LogP contribution < -0.4 is 5.32 Å². The average molecular weight is 227 g/mol. The smallest absolute Gasteiger partial charge is 0.223 e. The summed E-state index contributed by atoms with van der Waals surface area (Å²) in [5.74, 6) is 0.845. The molecule has 3 unspecified atom stereocenters. The lowest BCUT2D eigenvalue weighted by molar-refractivity contribution is -0.128. The van der Waals surface area contributed by atoms with Crippen LogP contribution in [0.5, 0.6) is 0 Å². The van der Waals surface area contributed by atoms with E-state index in [1.165, 1.54) is 6.42 Å². The molecule has 0 aromatic carbocycles. The van der Waals surface area contributed by atoms with Crippen LogP contribution in [0.3, 0.4) is 0 Å². The van der Waals surface area contributed by atoms with Crippen LogP contribution in [-0.2, 0) is 4.79 Å². The molecule has 0 radical (unpaired) electrons. The van der Waals surface area contributed by atoms with Crippen molar-refractivity contribution >= 4 is 5.91 Å². The molecule has 0 saturated heterocycles. The summed E-state index contributed by atoms with van der Waals surface area (Å²) in [6, 6.07) is -0.132. The first-order valence-corrected chi connectivity index (χ1v) is 6.25. The molecule has 0 heterocycles. The van der Waals surface area contributed by atoms with Gasteiger partial charge in [0.05, 0.1) is 6.61 Å². The van der Waals surface area contributed by atoms with Gasteiger partial charge in [-0.15, -0.1) is 0 Å². The molecule has 3 atom stereocenters. The lowest BCUT2D eigenvalue weighted by Crippen LogP contribution is -2.42. The zero-order chi connectivity index (χ0) is 12.3. The van der Waals surface area contributed by atoms with E-state index in [-0.39, 0.29) is 29.9 Å². The second kappa shape index (κ2) is 5.17. The third kappa shape index (κ3) is 3.78. The number of carbonyl (C=O) groups is 1. The minimum Gasteiger partial charge on any atom is -0.394 e. The van der Waals surface area contributed by atoms with E-state index in [0.717, 1.165) is 12.8 Å². The lowest BCUT2D eigenvalue weighted by Gasteiger charge is -2.38. The lowest BCUT2D eigenvalue weighted by atomic mass is 9.68. The van der Waals surface area contributed by atoms with E-state index in [4.69, 9.17) is 5.11 Å². The van der Waals surface area contributed by atoms with Crippen LogP contribution in [0.15, 0.2) is 0 Å². The van der Waals surface area contributed by atoms with Crippen molar-refractivity contribution in [3.8, 4) is 0 Å². The molecule has 1 fully saturated rings. The number of amides is 1. The van der Waals surface area contributed by atoms with Crippen molar-refractivity contribution in [1.82, 2.24) is 5.32 Å². The summed E-state index contributed by atoms with van der Waals surface area (Å²) in [6.07, 6.45) is 3.14. The van der Waals surface area contributed by atoms with E-state index in [2.05, 4.69) is 26.1 Å². The Bertz CT molecular complexity index is 250. The maximum absolute atomic E-state index is 12.0. The fourth-order valence-electron chi connectivity index (χ4n) is 2.95. The topological polar surface area (TPSA) is 49.3 Å². The van der Waals surface area contributed by atoms with Crippen LogP contribution in [0.4, 0.5) is 0 Å². The first kappa shape index (κ1) is 13.5. The van der Waals surface area contributed by atoms with Crippen molar-refractivity contribution in [2.45, 2.75) is 53.0 Å². The summed E-state index contributed by atoms with van der Waals surface area (Å²) in [5.41, 5.74) is 0.266. The molecule has 1 rings (SSSR count). The Balaban J connectivity index is 2.55. The maximum atomic E-state index is 12.0. The fraction of sp³-hybridized carbons (Fsp3) is 0.923. The van der Waals surface area contributed by atoms with Gasteiger partial charge in [0.15, 0.2) is 0 Å². The quantitative estimate of drug-likeness (QED) is 0.774. The Morgan fingerprint density at radius 1 is 1.50 bits per heavy atom. The fourth-order valence-corrected chi connectivity index (χ4v) is 2.95. The van der Waals surface area contributed by atoms with Crippen LogP contribution in [-0.4, -0.2) is 23.7 Å². The SMILES string of the molecule is CC1CC(C(=O)NC(C)CO)CC(C)(C)C1. The minimum absolute atomic E-state index is 0.0113. The summed E-state index contributed by atoms with van der Waals surface area (Å²) in [5, 5.41) is 11.8. The van der Waals surface area contributed by atoms with Crippen molar-refractivity contribution in [1.29, 1.82) is 0 Å². The highest BCUT2D eigenvalue weighted by molar-refractivity contribution is 5.79. The van der Waals surface area contributed by atoms with E-state index in [1.807, 2.05) is 6.92 Å².